The molecule has 1 aromatic heterocycles. The Labute approximate surface area is 106 Å². The van der Waals surface area contributed by atoms with E-state index in [0.717, 1.165) is 6.33 Å². The van der Waals surface area contributed by atoms with Gasteiger partial charge < -0.3 is 10.4 Å². The van der Waals surface area contributed by atoms with Gasteiger partial charge in [-0.25, -0.2) is 9.97 Å². The number of anilines is 1. The zero-order valence-electron chi connectivity index (χ0n) is 8.35. The summed E-state index contributed by atoms with van der Waals surface area (Å²) < 4.78 is 0. The molecule has 8 heteroatoms. The smallest absolute Gasteiger partial charge is 0.307 e. The summed E-state index contributed by atoms with van der Waals surface area (Å²) in [5, 5.41) is 11.2. The van der Waals surface area contributed by atoms with Crippen LogP contribution in [-0.2, 0) is 9.59 Å². The summed E-state index contributed by atoms with van der Waals surface area (Å²) in [6.45, 7) is 0. The number of carbonyl (C=O) groups excluding carboxylic acids is 1. The minimum Gasteiger partial charge on any atom is -0.481 e. The molecule has 2 N–H and O–H groups in total. The summed E-state index contributed by atoms with van der Waals surface area (Å²) in [4.78, 5) is 29.6. The van der Waals surface area contributed by atoms with E-state index in [9.17, 15) is 9.59 Å². The fourth-order valence-corrected chi connectivity index (χ4v) is 1.68. The molecule has 90 valence electrons. The number of halogens is 2. The summed E-state index contributed by atoms with van der Waals surface area (Å²) >= 11 is 11.4. The van der Waals surface area contributed by atoms with Gasteiger partial charge in [-0.2, -0.15) is 0 Å². The quantitative estimate of drug-likeness (QED) is 0.815. The van der Waals surface area contributed by atoms with Crippen molar-refractivity contribution in [2.75, 3.05) is 5.32 Å². The number of rotatable bonds is 3. The predicted molar refractivity (Wildman–Crippen MR) is 59.9 cm³/mol. The van der Waals surface area contributed by atoms with Crippen LogP contribution in [0.2, 0.25) is 10.2 Å². The SMILES string of the molecule is O=C(O)C1CC1C(=O)Nc1ncnc(Cl)c1Cl. The molecule has 0 spiro atoms. The van der Waals surface area contributed by atoms with Gasteiger partial charge in [0.2, 0.25) is 5.91 Å². The lowest BCUT2D eigenvalue weighted by molar-refractivity contribution is -0.139. The second-order valence-electron chi connectivity index (χ2n) is 3.60. The van der Waals surface area contributed by atoms with E-state index in [0.29, 0.717) is 6.42 Å². The first-order valence-electron chi connectivity index (χ1n) is 4.70. The van der Waals surface area contributed by atoms with Crippen LogP contribution >= 0.6 is 23.2 Å². The summed E-state index contributed by atoms with van der Waals surface area (Å²) in [5.41, 5.74) is 0. The maximum absolute atomic E-state index is 11.6. The molecule has 0 saturated heterocycles. The number of carbonyl (C=O) groups is 2. The standard InChI is InChI=1S/C9H7Cl2N3O3/c10-5-6(11)12-2-13-7(5)14-8(15)3-1-4(3)9(16)17/h2-4H,1H2,(H,16,17)(H,12,13,14,15). The zero-order valence-corrected chi connectivity index (χ0v) is 9.87. The molecule has 2 atom stereocenters. The third-order valence-electron chi connectivity index (χ3n) is 2.43. The number of nitrogens with zero attached hydrogens (tertiary/aromatic N) is 2. The highest BCUT2D eigenvalue weighted by molar-refractivity contribution is 6.42. The van der Waals surface area contributed by atoms with E-state index in [-0.39, 0.29) is 16.0 Å². The molecule has 0 aromatic carbocycles. The van der Waals surface area contributed by atoms with Gasteiger partial charge in [0.1, 0.15) is 11.3 Å². The molecule has 0 bridgehead atoms. The maximum atomic E-state index is 11.6. The molecule has 1 aliphatic carbocycles. The Morgan fingerprint density at radius 3 is 2.65 bits per heavy atom. The highest BCUT2D eigenvalue weighted by Gasteiger charge is 2.48. The van der Waals surface area contributed by atoms with Gasteiger partial charge in [-0.3, -0.25) is 9.59 Å². The molecule has 0 radical (unpaired) electrons. The Bertz CT molecular complexity index is 494. The topological polar surface area (TPSA) is 92.2 Å². The van der Waals surface area contributed by atoms with Crippen LogP contribution in [-0.4, -0.2) is 27.0 Å². The van der Waals surface area contributed by atoms with Gasteiger partial charge >= 0.3 is 5.97 Å². The molecule has 2 rings (SSSR count). The molecule has 17 heavy (non-hydrogen) atoms. The van der Waals surface area contributed by atoms with Crippen LogP contribution in [0, 0.1) is 11.8 Å². The molecule has 1 saturated carbocycles. The molecule has 1 heterocycles. The van der Waals surface area contributed by atoms with Crippen molar-refractivity contribution in [3.05, 3.63) is 16.5 Å². The first-order chi connectivity index (χ1) is 8.00. The minimum absolute atomic E-state index is 0.0301. The van der Waals surface area contributed by atoms with Gasteiger partial charge in [-0.15, -0.1) is 0 Å². The summed E-state index contributed by atoms with van der Waals surface area (Å²) in [5.74, 6) is -2.46. The third kappa shape index (κ3) is 2.48. The number of hydrogen-bond acceptors (Lipinski definition) is 4. The van der Waals surface area contributed by atoms with E-state index in [1.807, 2.05) is 0 Å². The van der Waals surface area contributed by atoms with Crippen LogP contribution in [0.15, 0.2) is 6.33 Å². The van der Waals surface area contributed by atoms with Gasteiger partial charge in [0, 0.05) is 0 Å². The predicted octanol–water partition coefficient (Wildman–Crippen LogP) is 1.44. The summed E-state index contributed by atoms with van der Waals surface area (Å²) in [6, 6.07) is 0. The number of carboxylic acids is 1. The summed E-state index contributed by atoms with van der Waals surface area (Å²) in [7, 11) is 0. The Kier molecular flexibility index (Phi) is 3.17. The average molecular weight is 276 g/mol. The minimum atomic E-state index is -0.975. The number of amides is 1. The number of aromatic nitrogens is 2. The molecule has 1 fully saturated rings. The maximum Gasteiger partial charge on any atom is 0.307 e. The molecular formula is C9H7Cl2N3O3. The average Bonchev–Trinajstić information content (AvgIpc) is 3.04. The molecule has 6 nitrogen and oxygen atoms in total. The van der Waals surface area contributed by atoms with Crippen molar-refractivity contribution in [1.29, 1.82) is 0 Å². The lowest BCUT2D eigenvalue weighted by Gasteiger charge is -2.05. The van der Waals surface area contributed by atoms with Crippen molar-refractivity contribution in [1.82, 2.24) is 9.97 Å². The normalized spacial score (nSPS) is 22.0. The van der Waals surface area contributed by atoms with E-state index in [1.54, 1.807) is 0 Å². The number of nitrogens with one attached hydrogen (secondary N) is 1. The Hall–Kier alpha value is -1.40. The van der Waals surface area contributed by atoms with Crippen LogP contribution in [0.1, 0.15) is 6.42 Å². The Morgan fingerprint density at radius 1 is 1.35 bits per heavy atom. The largest absolute Gasteiger partial charge is 0.481 e. The number of carboxylic acid groups (broad SMARTS) is 1. The molecule has 1 amide bonds. The van der Waals surface area contributed by atoms with Gasteiger partial charge in [0.15, 0.2) is 11.0 Å². The van der Waals surface area contributed by atoms with Crippen LogP contribution in [0.25, 0.3) is 0 Å². The van der Waals surface area contributed by atoms with E-state index in [1.165, 1.54) is 0 Å². The van der Waals surface area contributed by atoms with Crippen LogP contribution in [0.3, 0.4) is 0 Å². The molecular weight excluding hydrogens is 269 g/mol. The number of hydrogen-bond donors (Lipinski definition) is 2. The molecule has 2 unspecified atom stereocenters. The van der Waals surface area contributed by atoms with Gasteiger partial charge in [0.05, 0.1) is 11.8 Å². The van der Waals surface area contributed by atoms with Crippen molar-refractivity contribution in [2.24, 2.45) is 11.8 Å². The van der Waals surface area contributed by atoms with Crippen molar-refractivity contribution < 1.29 is 14.7 Å². The van der Waals surface area contributed by atoms with Crippen molar-refractivity contribution in [2.45, 2.75) is 6.42 Å². The van der Waals surface area contributed by atoms with Crippen molar-refractivity contribution in [3.8, 4) is 0 Å². The van der Waals surface area contributed by atoms with Crippen LogP contribution in [0.4, 0.5) is 5.82 Å². The Morgan fingerprint density at radius 2 is 2.06 bits per heavy atom. The molecule has 1 aliphatic rings. The van der Waals surface area contributed by atoms with Crippen LogP contribution in [0.5, 0.6) is 0 Å². The highest BCUT2D eigenvalue weighted by Crippen LogP contribution is 2.39. The fourth-order valence-electron chi connectivity index (χ4n) is 1.40. The second kappa shape index (κ2) is 4.46. The Balaban J connectivity index is 2.05. The van der Waals surface area contributed by atoms with E-state index in [2.05, 4.69) is 15.3 Å². The second-order valence-corrected chi connectivity index (χ2v) is 4.34. The lowest BCUT2D eigenvalue weighted by Crippen LogP contribution is -2.18. The first kappa shape index (κ1) is 12.1. The molecule has 0 aliphatic heterocycles. The van der Waals surface area contributed by atoms with Crippen molar-refractivity contribution in [3.63, 3.8) is 0 Å². The fraction of sp³-hybridized carbons (Fsp3) is 0.333. The monoisotopic (exact) mass is 275 g/mol. The van der Waals surface area contributed by atoms with E-state index in [4.69, 9.17) is 28.3 Å². The van der Waals surface area contributed by atoms with Gasteiger partial charge in [-0.05, 0) is 6.42 Å². The third-order valence-corrected chi connectivity index (χ3v) is 3.17. The lowest BCUT2D eigenvalue weighted by atomic mass is 10.3. The highest BCUT2D eigenvalue weighted by atomic mass is 35.5. The van der Waals surface area contributed by atoms with E-state index >= 15 is 0 Å². The van der Waals surface area contributed by atoms with Gasteiger partial charge in [-0.1, -0.05) is 23.2 Å². The number of aliphatic carboxylic acids is 1. The van der Waals surface area contributed by atoms with Crippen molar-refractivity contribution >= 4 is 40.9 Å². The zero-order chi connectivity index (χ0) is 12.6. The van der Waals surface area contributed by atoms with Gasteiger partial charge in [0.25, 0.3) is 0 Å². The van der Waals surface area contributed by atoms with E-state index < -0.39 is 23.7 Å². The first-order valence-corrected chi connectivity index (χ1v) is 5.46. The summed E-state index contributed by atoms with van der Waals surface area (Å²) in [6.07, 6.45) is 1.49. The van der Waals surface area contributed by atoms with Crippen LogP contribution < -0.4 is 5.32 Å². The molecule has 1 aromatic rings.